The molecule has 2 rings (SSSR count). The largest absolute Gasteiger partial charge is 0.573 e. The van der Waals surface area contributed by atoms with Crippen LogP contribution in [-0.2, 0) is 6.42 Å². The lowest BCUT2D eigenvalue weighted by Crippen LogP contribution is -2.28. The molecule has 0 bridgehead atoms. The summed E-state index contributed by atoms with van der Waals surface area (Å²) in [5, 5.41) is 0. The fourth-order valence-corrected chi connectivity index (χ4v) is 2.68. The lowest BCUT2D eigenvalue weighted by atomic mass is 9.82. The van der Waals surface area contributed by atoms with Gasteiger partial charge in [-0.05, 0) is 42.9 Å². The Balaban J connectivity index is 1.91. The lowest BCUT2D eigenvalue weighted by molar-refractivity contribution is -0.274. The van der Waals surface area contributed by atoms with E-state index in [9.17, 15) is 13.2 Å². The average molecular weight is 273 g/mol. The zero-order chi connectivity index (χ0) is 13.9. The van der Waals surface area contributed by atoms with Crippen molar-refractivity contribution >= 4 is 0 Å². The highest BCUT2D eigenvalue weighted by Gasteiger charge is 2.31. The summed E-state index contributed by atoms with van der Waals surface area (Å²) >= 11 is 0. The van der Waals surface area contributed by atoms with Crippen LogP contribution in [0.4, 0.5) is 13.2 Å². The highest BCUT2D eigenvalue weighted by Crippen LogP contribution is 2.28. The van der Waals surface area contributed by atoms with Gasteiger partial charge in [-0.25, -0.2) is 0 Å². The molecule has 1 saturated carbocycles. The van der Waals surface area contributed by atoms with Gasteiger partial charge in [-0.3, -0.25) is 0 Å². The maximum atomic E-state index is 12.0. The fraction of sp³-hybridized carbons (Fsp3) is 0.571. The zero-order valence-corrected chi connectivity index (χ0v) is 10.6. The van der Waals surface area contributed by atoms with Crippen molar-refractivity contribution in [1.82, 2.24) is 0 Å². The summed E-state index contributed by atoms with van der Waals surface area (Å²) in [7, 11) is 0. The van der Waals surface area contributed by atoms with Gasteiger partial charge >= 0.3 is 6.36 Å². The average Bonchev–Trinajstić information content (AvgIpc) is 2.30. The van der Waals surface area contributed by atoms with E-state index in [1.165, 1.54) is 12.1 Å². The maximum Gasteiger partial charge on any atom is 0.573 e. The van der Waals surface area contributed by atoms with Gasteiger partial charge in [-0.15, -0.1) is 13.2 Å². The molecule has 0 amide bonds. The molecule has 2 nitrogen and oxygen atoms in total. The Kier molecular flexibility index (Phi) is 4.34. The molecule has 0 radical (unpaired) electrons. The standard InChI is InChI=1S/C14H18F3NO/c15-14(16,17)19-13-6-4-10(5-7-13)8-11-2-1-3-12(18)9-11/h4-7,11-12H,1-3,8-9,18H2. The molecule has 19 heavy (non-hydrogen) atoms. The minimum atomic E-state index is -4.63. The van der Waals surface area contributed by atoms with E-state index in [0.717, 1.165) is 37.7 Å². The van der Waals surface area contributed by atoms with Gasteiger partial charge < -0.3 is 10.5 Å². The smallest absolute Gasteiger partial charge is 0.406 e. The summed E-state index contributed by atoms with van der Waals surface area (Å²) in [6.07, 6.45) is 0.614. The summed E-state index contributed by atoms with van der Waals surface area (Å²) in [6.45, 7) is 0. The Morgan fingerprint density at radius 2 is 1.84 bits per heavy atom. The van der Waals surface area contributed by atoms with Crippen LogP contribution < -0.4 is 10.5 Å². The van der Waals surface area contributed by atoms with Gasteiger partial charge in [0.2, 0.25) is 0 Å². The van der Waals surface area contributed by atoms with E-state index in [1.807, 2.05) is 0 Å². The number of halogens is 3. The van der Waals surface area contributed by atoms with E-state index in [4.69, 9.17) is 5.73 Å². The molecule has 0 heterocycles. The number of hydrogen-bond acceptors (Lipinski definition) is 2. The van der Waals surface area contributed by atoms with Crippen LogP contribution in [0, 0.1) is 5.92 Å². The molecule has 2 unspecified atom stereocenters. The quantitative estimate of drug-likeness (QED) is 0.912. The van der Waals surface area contributed by atoms with Crippen molar-refractivity contribution in [2.75, 3.05) is 0 Å². The normalized spacial score (nSPS) is 24.2. The Bertz CT molecular complexity index is 402. The van der Waals surface area contributed by atoms with Crippen molar-refractivity contribution in [2.24, 2.45) is 11.7 Å². The second-order valence-electron chi connectivity index (χ2n) is 5.19. The SMILES string of the molecule is NC1CCCC(Cc2ccc(OC(F)(F)F)cc2)C1. The first-order valence-corrected chi connectivity index (χ1v) is 6.52. The number of hydrogen-bond donors (Lipinski definition) is 1. The molecule has 2 atom stereocenters. The van der Waals surface area contributed by atoms with Crippen LogP contribution in [0.1, 0.15) is 31.2 Å². The van der Waals surface area contributed by atoms with E-state index in [-0.39, 0.29) is 11.8 Å². The minimum absolute atomic E-state index is 0.170. The highest BCUT2D eigenvalue weighted by atomic mass is 19.4. The van der Waals surface area contributed by atoms with E-state index in [2.05, 4.69) is 4.74 Å². The highest BCUT2D eigenvalue weighted by molar-refractivity contribution is 5.27. The summed E-state index contributed by atoms with van der Waals surface area (Å²) in [5.74, 6) is 0.370. The molecule has 0 spiro atoms. The molecule has 1 fully saturated rings. The molecule has 5 heteroatoms. The van der Waals surface area contributed by atoms with Gasteiger partial charge in [-0.1, -0.05) is 25.0 Å². The molecular weight excluding hydrogens is 255 g/mol. The van der Waals surface area contributed by atoms with E-state index < -0.39 is 6.36 Å². The van der Waals surface area contributed by atoms with E-state index in [1.54, 1.807) is 12.1 Å². The van der Waals surface area contributed by atoms with Crippen molar-refractivity contribution in [1.29, 1.82) is 0 Å². The van der Waals surface area contributed by atoms with Gasteiger partial charge in [0.15, 0.2) is 0 Å². The number of benzene rings is 1. The van der Waals surface area contributed by atoms with Crippen LogP contribution in [0.2, 0.25) is 0 Å². The Morgan fingerprint density at radius 3 is 2.42 bits per heavy atom. The van der Waals surface area contributed by atoms with Crippen molar-refractivity contribution < 1.29 is 17.9 Å². The lowest BCUT2D eigenvalue weighted by Gasteiger charge is -2.26. The summed E-state index contributed by atoms with van der Waals surface area (Å²) in [5.41, 5.74) is 6.96. The Hall–Kier alpha value is -1.23. The number of ether oxygens (including phenoxy) is 1. The summed E-state index contributed by atoms with van der Waals surface area (Å²) < 4.78 is 39.9. The van der Waals surface area contributed by atoms with Gasteiger partial charge in [0.25, 0.3) is 0 Å². The predicted octanol–water partition coefficient (Wildman–Crippen LogP) is 3.65. The predicted molar refractivity (Wildman–Crippen MR) is 66.8 cm³/mol. The third kappa shape index (κ3) is 4.74. The second kappa shape index (κ2) is 5.82. The monoisotopic (exact) mass is 273 g/mol. The van der Waals surface area contributed by atoms with Crippen molar-refractivity contribution in [3.8, 4) is 5.75 Å². The topological polar surface area (TPSA) is 35.2 Å². The van der Waals surface area contributed by atoms with Crippen molar-refractivity contribution in [3.05, 3.63) is 29.8 Å². The molecule has 106 valence electrons. The van der Waals surface area contributed by atoms with Gasteiger partial charge in [-0.2, -0.15) is 0 Å². The van der Waals surface area contributed by atoms with Crippen LogP contribution in [0.3, 0.4) is 0 Å². The Labute approximate surface area is 110 Å². The first kappa shape index (κ1) is 14.2. The van der Waals surface area contributed by atoms with Crippen molar-refractivity contribution in [3.63, 3.8) is 0 Å². The first-order chi connectivity index (χ1) is 8.92. The third-order valence-corrected chi connectivity index (χ3v) is 3.50. The molecule has 0 aromatic heterocycles. The first-order valence-electron chi connectivity index (χ1n) is 6.52. The number of rotatable bonds is 3. The van der Waals surface area contributed by atoms with Crippen LogP contribution >= 0.6 is 0 Å². The van der Waals surface area contributed by atoms with E-state index in [0.29, 0.717) is 5.92 Å². The number of alkyl halides is 3. The van der Waals surface area contributed by atoms with Gasteiger partial charge in [0.05, 0.1) is 0 Å². The number of nitrogens with two attached hydrogens (primary N) is 1. The summed E-state index contributed by atoms with van der Waals surface area (Å²) in [6, 6.07) is 6.39. The molecule has 0 saturated heterocycles. The van der Waals surface area contributed by atoms with Crippen LogP contribution in [-0.4, -0.2) is 12.4 Å². The van der Waals surface area contributed by atoms with E-state index >= 15 is 0 Å². The van der Waals surface area contributed by atoms with Crippen molar-refractivity contribution in [2.45, 2.75) is 44.5 Å². The molecule has 1 aromatic carbocycles. The zero-order valence-electron chi connectivity index (χ0n) is 10.6. The third-order valence-electron chi connectivity index (χ3n) is 3.50. The molecule has 1 aliphatic carbocycles. The minimum Gasteiger partial charge on any atom is -0.406 e. The maximum absolute atomic E-state index is 12.0. The van der Waals surface area contributed by atoms with Crippen LogP contribution in [0.25, 0.3) is 0 Å². The van der Waals surface area contributed by atoms with Crippen LogP contribution in [0.5, 0.6) is 5.75 Å². The second-order valence-corrected chi connectivity index (χ2v) is 5.19. The van der Waals surface area contributed by atoms with Gasteiger partial charge in [0.1, 0.15) is 5.75 Å². The molecular formula is C14H18F3NO. The fourth-order valence-electron chi connectivity index (χ4n) is 2.68. The molecule has 1 aliphatic rings. The molecule has 1 aromatic rings. The molecule has 0 aliphatic heterocycles. The summed E-state index contributed by atoms with van der Waals surface area (Å²) in [4.78, 5) is 0. The Morgan fingerprint density at radius 1 is 1.16 bits per heavy atom. The van der Waals surface area contributed by atoms with Crippen LogP contribution in [0.15, 0.2) is 24.3 Å². The molecule has 2 N–H and O–H groups in total. The van der Waals surface area contributed by atoms with Gasteiger partial charge in [0, 0.05) is 6.04 Å².